The molecule has 21 heavy (non-hydrogen) atoms. The molecule has 0 aromatic heterocycles. The molecule has 0 aliphatic rings. The molecule has 0 aliphatic carbocycles. The first-order valence-electron chi connectivity index (χ1n) is 6.19. The van der Waals surface area contributed by atoms with Gasteiger partial charge in [0, 0.05) is 10.4 Å². The van der Waals surface area contributed by atoms with Crippen molar-refractivity contribution in [3.63, 3.8) is 0 Å². The second-order valence-corrected chi connectivity index (χ2v) is 5.27. The molecule has 0 aliphatic heterocycles. The van der Waals surface area contributed by atoms with Crippen LogP contribution in [0, 0.1) is 5.92 Å². The Bertz CT molecular complexity index is 682. The van der Waals surface area contributed by atoms with Gasteiger partial charge in [0.15, 0.2) is 0 Å². The SMILES string of the molecule is C[C@H](C(C(=O)O)c1ccc2c(Cl)cccc2c1)C(F)(F)F. The highest BCUT2D eigenvalue weighted by atomic mass is 35.5. The van der Waals surface area contributed by atoms with Crippen LogP contribution in [0.5, 0.6) is 0 Å². The number of aliphatic carboxylic acids is 1. The molecule has 0 saturated heterocycles. The Morgan fingerprint density at radius 3 is 2.48 bits per heavy atom. The molecule has 2 atom stereocenters. The van der Waals surface area contributed by atoms with Crippen molar-refractivity contribution < 1.29 is 23.1 Å². The number of fused-ring (bicyclic) bond motifs is 1. The summed E-state index contributed by atoms with van der Waals surface area (Å²) < 4.78 is 38.5. The maximum absolute atomic E-state index is 12.8. The van der Waals surface area contributed by atoms with Gasteiger partial charge in [-0.3, -0.25) is 4.79 Å². The first kappa shape index (κ1) is 15.6. The van der Waals surface area contributed by atoms with Crippen LogP contribution in [-0.4, -0.2) is 17.3 Å². The Morgan fingerprint density at radius 2 is 1.90 bits per heavy atom. The normalized spacial score (nSPS) is 14.9. The third-order valence-electron chi connectivity index (χ3n) is 3.49. The minimum Gasteiger partial charge on any atom is -0.481 e. The molecule has 2 aromatic carbocycles. The molecular formula is C15H12ClF3O2. The summed E-state index contributed by atoms with van der Waals surface area (Å²) in [6.45, 7) is 0.876. The fraction of sp³-hybridized carbons (Fsp3) is 0.267. The average Bonchev–Trinajstić information content (AvgIpc) is 2.37. The van der Waals surface area contributed by atoms with Crippen molar-refractivity contribution in [2.24, 2.45) is 5.92 Å². The lowest BCUT2D eigenvalue weighted by atomic mass is 9.86. The van der Waals surface area contributed by atoms with E-state index >= 15 is 0 Å². The van der Waals surface area contributed by atoms with E-state index in [-0.39, 0.29) is 5.56 Å². The highest BCUT2D eigenvalue weighted by Crippen LogP contribution is 2.38. The smallest absolute Gasteiger partial charge is 0.392 e. The van der Waals surface area contributed by atoms with E-state index in [4.69, 9.17) is 16.7 Å². The molecule has 0 heterocycles. The van der Waals surface area contributed by atoms with E-state index in [0.29, 0.717) is 15.8 Å². The second-order valence-electron chi connectivity index (χ2n) is 4.87. The number of halogens is 4. The summed E-state index contributed by atoms with van der Waals surface area (Å²) in [5.41, 5.74) is 0.113. The number of carbonyl (C=O) groups is 1. The molecule has 2 nitrogen and oxygen atoms in total. The molecule has 0 bridgehead atoms. The Hall–Kier alpha value is -1.75. The zero-order valence-electron chi connectivity index (χ0n) is 11.0. The molecule has 2 aromatic rings. The number of alkyl halides is 3. The molecule has 1 unspecified atom stereocenters. The lowest BCUT2D eigenvalue weighted by molar-refractivity contribution is -0.183. The number of benzene rings is 2. The van der Waals surface area contributed by atoms with Crippen molar-refractivity contribution in [1.29, 1.82) is 0 Å². The van der Waals surface area contributed by atoms with Crippen LogP contribution in [0.1, 0.15) is 18.4 Å². The molecule has 0 spiro atoms. The topological polar surface area (TPSA) is 37.3 Å². The number of carboxylic acids is 1. The van der Waals surface area contributed by atoms with Gasteiger partial charge in [-0.15, -0.1) is 0 Å². The van der Waals surface area contributed by atoms with Crippen LogP contribution < -0.4 is 0 Å². The van der Waals surface area contributed by atoms with Crippen LogP contribution in [0.3, 0.4) is 0 Å². The Morgan fingerprint density at radius 1 is 1.24 bits per heavy atom. The van der Waals surface area contributed by atoms with Crippen molar-refractivity contribution in [1.82, 2.24) is 0 Å². The second kappa shape index (κ2) is 5.56. The van der Waals surface area contributed by atoms with Gasteiger partial charge in [-0.25, -0.2) is 0 Å². The van der Waals surface area contributed by atoms with Crippen LogP contribution in [0.15, 0.2) is 36.4 Å². The summed E-state index contributed by atoms with van der Waals surface area (Å²) in [4.78, 5) is 11.3. The largest absolute Gasteiger partial charge is 0.481 e. The molecule has 0 amide bonds. The predicted octanol–water partition coefficient (Wildman–Crippen LogP) is 4.86. The molecule has 2 rings (SSSR count). The number of hydrogen-bond donors (Lipinski definition) is 1. The zero-order chi connectivity index (χ0) is 15.8. The van der Waals surface area contributed by atoms with Crippen LogP contribution in [0.4, 0.5) is 13.2 Å². The van der Waals surface area contributed by atoms with Crippen LogP contribution in [0.25, 0.3) is 10.8 Å². The van der Waals surface area contributed by atoms with Gasteiger partial charge in [-0.2, -0.15) is 13.2 Å². The Kier molecular flexibility index (Phi) is 4.14. The maximum atomic E-state index is 12.8. The minimum absolute atomic E-state index is 0.113. The van der Waals surface area contributed by atoms with Gasteiger partial charge in [0.05, 0.1) is 11.8 Å². The number of carboxylic acid groups (broad SMARTS) is 1. The van der Waals surface area contributed by atoms with E-state index in [1.54, 1.807) is 24.3 Å². The predicted molar refractivity (Wildman–Crippen MR) is 74.6 cm³/mol. The summed E-state index contributed by atoms with van der Waals surface area (Å²) in [6.07, 6.45) is -4.58. The van der Waals surface area contributed by atoms with E-state index < -0.39 is 24.0 Å². The van der Waals surface area contributed by atoms with E-state index in [1.807, 2.05) is 0 Å². The van der Waals surface area contributed by atoms with Gasteiger partial charge in [-0.05, 0) is 17.0 Å². The quantitative estimate of drug-likeness (QED) is 0.878. The Balaban J connectivity index is 2.54. The van der Waals surface area contributed by atoms with Gasteiger partial charge >= 0.3 is 12.1 Å². The van der Waals surface area contributed by atoms with Crippen molar-refractivity contribution in [3.05, 3.63) is 47.0 Å². The van der Waals surface area contributed by atoms with Gasteiger partial charge in [-0.1, -0.05) is 48.9 Å². The highest BCUT2D eigenvalue weighted by molar-refractivity contribution is 6.35. The first-order chi connectivity index (χ1) is 9.71. The standard InChI is InChI=1S/C15H12ClF3O2/c1-8(15(17,18)19)13(14(20)21)10-5-6-11-9(7-10)3-2-4-12(11)16/h2-8,13H,1H3,(H,20,21)/t8-,13?/m1/s1. The third-order valence-corrected chi connectivity index (χ3v) is 3.82. The van der Waals surface area contributed by atoms with E-state index in [0.717, 1.165) is 6.92 Å². The number of hydrogen-bond acceptors (Lipinski definition) is 1. The molecular weight excluding hydrogens is 305 g/mol. The highest BCUT2D eigenvalue weighted by Gasteiger charge is 2.45. The first-order valence-corrected chi connectivity index (χ1v) is 6.57. The molecule has 112 valence electrons. The van der Waals surface area contributed by atoms with Gasteiger partial charge in [0.2, 0.25) is 0 Å². The number of rotatable bonds is 3. The summed E-state index contributed by atoms with van der Waals surface area (Å²) in [6, 6.07) is 9.39. The van der Waals surface area contributed by atoms with Gasteiger partial charge in [0.25, 0.3) is 0 Å². The molecule has 0 radical (unpaired) electrons. The lowest BCUT2D eigenvalue weighted by Crippen LogP contribution is -2.31. The fourth-order valence-electron chi connectivity index (χ4n) is 2.29. The van der Waals surface area contributed by atoms with Crippen molar-refractivity contribution >= 4 is 28.3 Å². The average molecular weight is 317 g/mol. The van der Waals surface area contributed by atoms with Crippen LogP contribution >= 0.6 is 11.6 Å². The van der Waals surface area contributed by atoms with Crippen molar-refractivity contribution in [2.45, 2.75) is 19.0 Å². The summed E-state index contributed by atoms with van der Waals surface area (Å²) in [7, 11) is 0. The van der Waals surface area contributed by atoms with E-state index in [9.17, 15) is 18.0 Å². The van der Waals surface area contributed by atoms with Crippen molar-refractivity contribution in [2.75, 3.05) is 0 Å². The fourth-order valence-corrected chi connectivity index (χ4v) is 2.54. The van der Waals surface area contributed by atoms with Gasteiger partial charge in [0.1, 0.15) is 0 Å². The summed E-state index contributed by atoms with van der Waals surface area (Å²) in [5, 5.41) is 10.9. The van der Waals surface area contributed by atoms with Crippen molar-refractivity contribution in [3.8, 4) is 0 Å². The zero-order valence-corrected chi connectivity index (χ0v) is 11.7. The van der Waals surface area contributed by atoms with E-state index in [2.05, 4.69) is 0 Å². The molecule has 1 N–H and O–H groups in total. The monoisotopic (exact) mass is 316 g/mol. The molecule has 6 heteroatoms. The van der Waals surface area contributed by atoms with Gasteiger partial charge < -0.3 is 5.11 Å². The minimum atomic E-state index is -4.58. The Labute approximate surface area is 124 Å². The third kappa shape index (κ3) is 3.13. The summed E-state index contributed by atoms with van der Waals surface area (Å²) >= 11 is 5.99. The summed E-state index contributed by atoms with van der Waals surface area (Å²) in [5.74, 6) is -5.12. The van der Waals surface area contributed by atoms with Crippen LogP contribution in [-0.2, 0) is 4.79 Å². The molecule has 0 fully saturated rings. The van der Waals surface area contributed by atoms with Crippen LogP contribution in [0.2, 0.25) is 5.02 Å². The lowest BCUT2D eigenvalue weighted by Gasteiger charge is -2.23. The maximum Gasteiger partial charge on any atom is 0.392 e. The van der Waals surface area contributed by atoms with E-state index in [1.165, 1.54) is 12.1 Å². The molecule has 0 saturated carbocycles.